The molecule has 0 unspecified atom stereocenters. The van der Waals surface area contributed by atoms with Gasteiger partial charge in [-0.1, -0.05) is 11.8 Å². The third-order valence-electron chi connectivity index (χ3n) is 0.337. The highest BCUT2D eigenvalue weighted by atomic mass is 13.6. The topological polar surface area (TPSA) is 0 Å². The molecule has 0 saturated heterocycles. The molecule has 31 valence electrons. The maximum atomic E-state index is 6.36. The van der Waals surface area contributed by atoms with E-state index in [-0.39, 0.29) is 0 Å². The molecule has 0 aliphatic heterocycles. The van der Waals surface area contributed by atoms with E-state index in [9.17, 15) is 0 Å². The van der Waals surface area contributed by atoms with E-state index in [0.29, 0.717) is 6.42 Å². The summed E-state index contributed by atoms with van der Waals surface area (Å²) in [6.07, 6.45) is 11.5. The molecule has 0 aliphatic rings. The van der Waals surface area contributed by atoms with Crippen molar-refractivity contribution >= 4 is 0 Å². The molecule has 0 aliphatic carbocycles. The van der Waals surface area contributed by atoms with Crippen LogP contribution in [-0.4, -0.2) is 0 Å². The molecule has 0 atom stereocenters. The molecule has 0 heterocycles. The van der Waals surface area contributed by atoms with Crippen molar-refractivity contribution < 1.29 is 0 Å². The van der Waals surface area contributed by atoms with Gasteiger partial charge < -0.3 is 0 Å². The predicted molar refractivity (Wildman–Crippen MR) is 28.4 cm³/mol. The lowest BCUT2D eigenvalue weighted by atomic mass is 10.4. The van der Waals surface area contributed by atoms with Crippen LogP contribution in [0.15, 0.2) is 0 Å². The quantitative estimate of drug-likeness (QED) is 0.379. The van der Waals surface area contributed by atoms with Gasteiger partial charge in [0.25, 0.3) is 0 Å². The summed E-state index contributed by atoms with van der Waals surface area (Å²) in [5.74, 6) is 9.05. The van der Waals surface area contributed by atoms with Gasteiger partial charge in [0.1, 0.15) is 0 Å². The Morgan fingerprint density at radius 3 is 2.71 bits per heavy atom. The van der Waals surface area contributed by atoms with Crippen LogP contribution in [0.3, 0.4) is 0 Å². The van der Waals surface area contributed by atoms with E-state index in [1.807, 2.05) is 0 Å². The maximum Gasteiger partial charge on any atom is 0.0723 e. The van der Waals surface area contributed by atoms with E-state index in [4.69, 9.17) is 12.8 Å². The molecule has 0 rings (SSSR count). The molecular formula is C7H3. The fourth-order valence-electron chi connectivity index (χ4n) is 0.139. The summed E-state index contributed by atoms with van der Waals surface area (Å²) in [7, 11) is 0. The lowest BCUT2D eigenvalue weighted by Gasteiger charge is -1.59. The molecular weight excluding hydrogens is 84.1 g/mol. The second-order valence-electron chi connectivity index (χ2n) is 0.800. The Bertz CT molecular complexity index is 163. The first kappa shape index (κ1) is 5.68. The van der Waals surface area contributed by atoms with Gasteiger partial charge in [0.05, 0.1) is 6.42 Å². The lowest BCUT2D eigenvalue weighted by molar-refractivity contribution is 1.57. The molecule has 0 aromatic carbocycles. The van der Waals surface area contributed by atoms with Crippen LogP contribution in [0.4, 0.5) is 0 Å². The van der Waals surface area contributed by atoms with Crippen molar-refractivity contribution in [2.75, 3.05) is 0 Å². The zero-order valence-corrected chi connectivity index (χ0v) is 3.78. The van der Waals surface area contributed by atoms with Gasteiger partial charge in [-0.2, -0.15) is 0 Å². The highest BCUT2D eigenvalue weighted by molar-refractivity contribution is 5.23. The van der Waals surface area contributed by atoms with Gasteiger partial charge in [0.2, 0.25) is 0 Å². The summed E-state index contributed by atoms with van der Waals surface area (Å²) >= 11 is 0. The van der Waals surface area contributed by atoms with Crippen LogP contribution in [0, 0.1) is 36.5 Å². The van der Waals surface area contributed by atoms with Crippen LogP contribution >= 0.6 is 0 Å². The molecule has 0 bridgehead atoms. The van der Waals surface area contributed by atoms with E-state index < -0.39 is 0 Å². The summed E-state index contributed by atoms with van der Waals surface area (Å²) in [5.41, 5.74) is 0. The van der Waals surface area contributed by atoms with E-state index in [1.165, 1.54) is 0 Å². The van der Waals surface area contributed by atoms with Crippen LogP contribution in [0.1, 0.15) is 6.42 Å². The minimum Gasteiger partial charge on any atom is -0.106 e. The molecule has 0 heteroatoms. The third-order valence-corrected chi connectivity index (χ3v) is 0.337. The molecule has 0 aromatic heterocycles. The maximum absolute atomic E-state index is 6.36. The second-order valence-corrected chi connectivity index (χ2v) is 0.800. The van der Waals surface area contributed by atoms with Gasteiger partial charge in [-0.25, -0.2) is 0 Å². The minimum atomic E-state index is 0.337. The van der Waals surface area contributed by atoms with Crippen molar-refractivity contribution in [3.05, 3.63) is 6.42 Å². The highest BCUT2D eigenvalue weighted by Gasteiger charge is 1.57. The van der Waals surface area contributed by atoms with E-state index in [1.54, 1.807) is 0 Å². The number of terminal acetylenes is 1. The Balaban J connectivity index is 3.37. The summed E-state index contributed by atoms with van der Waals surface area (Å²) < 4.78 is 0. The molecule has 7 heavy (non-hydrogen) atoms. The van der Waals surface area contributed by atoms with Gasteiger partial charge in [-0.3, -0.25) is 0 Å². The Morgan fingerprint density at radius 1 is 1.57 bits per heavy atom. The summed E-state index contributed by atoms with van der Waals surface area (Å²) in [6, 6.07) is 0. The number of hydrogen-bond donors (Lipinski definition) is 0. The van der Waals surface area contributed by atoms with Crippen molar-refractivity contribution in [3.8, 4) is 30.1 Å². The molecule has 0 fully saturated rings. The van der Waals surface area contributed by atoms with Crippen molar-refractivity contribution in [1.82, 2.24) is 0 Å². The molecule has 0 N–H and O–H groups in total. The Morgan fingerprint density at radius 2 is 2.29 bits per heavy atom. The van der Waals surface area contributed by atoms with Gasteiger partial charge in [-0.05, 0) is 18.3 Å². The van der Waals surface area contributed by atoms with E-state index in [2.05, 4.69) is 23.7 Å². The smallest absolute Gasteiger partial charge is 0.0723 e. The average molecular weight is 87.1 g/mol. The van der Waals surface area contributed by atoms with Crippen LogP contribution in [0.2, 0.25) is 0 Å². The zero-order chi connectivity index (χ0) is 5.54. The first-order valence-electron chi connectivity index (χ1n) is 1.75. The standard InChI is InChI=1S/C7H3/c1-3-5-7-6-4-2/h1H,6H2. The fraction of sp³-hybridized carbons (Fsp3) is 0.143. The molecule has 0 spiro atoms. The molecule has 0 amide bonds. The Kier molecular flexibility index (Phi) is 3.80. The van der Waals surface area contributed by atoms with Crippen molar-refractivity contribution in [3.63, 3.8) is 0 Å². The Hall–Kier alpha value is -1.32. The number of hydrogen-bond acceptors (Lipinski definition) is 0. The SMILES string of the molecule is [C]#CCC#CC#C. The molecule has 1 radical (unpaired) electrons. The van der Waals surface area contributed by atoms with Crippen molar-refractivity contribution in [2.24, 2.45) is 0 Å². The predicted octanol–water partition coefficient (Wildman–Crippen LogP) is 0.603. The van der Waals surface area contributed by atoms with Gasteiger partial charge in [-0.15, -0.1) is 6.42 Å². The third kappa shape index (κ3) is 4.68. The molecule has 0 nitrogen and oxygen atoms in total. The van der Waals surface area contributed by atoms with Gasteiger partial charge >= 0.3 is 0 Å². The number of rotatable bonds is 0. The summed E-state index contributed by atoms with van der Waals surface area (Å²) in [5, 5.41) is 0. The van der Waals surface area contributed by atoms with E-state index in [0.717, 1.165) is 0 Å². The van der Waals surface area contributed by atoms with Gasteiger partial charge in [0.15, 0.2) is 0 Å². The average Bonchev–Trinajstić information content (AvgIpc) is 1.69. The summed E-state index contributed by atoms with van der Waals surface area (Å²) in [4.78, 5) is 0. The van der Waals surface area contributed by atoms with E-state index >= 15 is 0 Å². The monoisotopic (exact) mass is 87.0 g/mol. The normalized spacial score (nSPS) is 4.29. The minimum absolute atomic E-state index is 0.337. The van der Waals surface area contributed by atoms with Crippen molar-refractivity contribution in [2.45, 2.75) is 6.42 Å². The summed E-state index contributed by atoms with van der Waals surface area (Å²) in [6.45, 7) is 0. The highest BCUT2D eigenvalue weighted by Crippen LogP contribution is 1.64. The second kappa shape index (κ2) is 4.68. The van der Waals surface area contributed by atoms with Crippen LogP contribution in [-0.2, 0) is 0 Å². The van der Waals surface area contributed by atoms with Crippen LogP contribution in [0.5, 0.6) is 0 Å². The lowest BCUT2D eigenvalue weighted by Crippen LogP contribution is -1.53. The zero-order valence-electron chi connectivity index (χ0n) is 3.78. The molecule has 0 aromatic rings. The fourth-order valence-corrected chi connectivity index (χ4v) is 0.139. The van der Waals surface area contributed by atoms with Gasteiger partial charge in [0, 0.05) is 0 Å². The Labute approximate surface area is 43.9 Å². The largest absolute Gasteiger partial charge is 0.106 e. The first-order valence-corrected chi connectivity index (χ1v) is 1.75. The van der Waals surface area contributed by atoms with Crippen LogP contribution < -0.4 is 0 Å². The molecule has 0 saturated carbocycles. The van der Waals surface area contributed by atoms with Crippen molar-refractivity contribution in [1.29, 1.82) is 0 Å². The van der Waals surface area contributed by atoms with Crippen LogP contribution in [0.25, 0.3) is 0 Å². The first-order chi connectivity index (χ1) is 3.41.